The van der Waals surface area contributed by atoms with Crippen LogP contribution in [0.5, 0.6) is 11.5 Å². The molecule has 0 saturated carbocycles. The molecule has 166 valence electrons. The number of hydrogen-bond acceptors (Lipinski definition) is 5. The van der Waals surface area contributed by atoms with Crippen molar-refractivity contribution >= 4 is 33.9 Å². The van der Waals surface area contributed by atoms with Crippen LogP contribution < -0.4 is 14.8 Å². The normalized spacial score (nSPS) is 11.1. The number of halogens is 1. The molecule has 0 spiro atoms. The van der Waals surface area contributed by atoms with E-state index in [1.165, 1.54) is 0 Å². The maximum Gasteiger partial charge on any atom is 0.162 e. The quantitative estimate of drug-likeness (QED) is 0.365. The van der Waals surface area contributed by atoms with Crippen molar-refractivity contribution in [2.24, 2.45) is 0 Å². The SMILES string of the molecule is CCOc1ccc(-n2c(C)c3c(C)nnc(Nc4ccc(C)c(Cl)c4)c3c2C)c(OC)c1. The summed E-state index contributed by atoms with van der Waals surface area (Å²) in [6, 6.07) is 11.8. The lowest BCUT2D eigenvalue weighted by atomic mass is 10.1. The predicted octanol–water partition coefficient (Wildman–Crippen LogP) is 6.46. The Bertz CT molecular complexity index is 1310. The summed E-state index contributed by atoms with van der Waals surface area (Å²) in [4.78, 5) is 0. The minimum atomic E-state index is 0.600. The number of fused-ring (bicyclic) bond motifs is 1. The van der Waals surface area contributed by atoms with Crippen molar-refractivity contribution in [2.75, 3.05) is 19.0 Å². The summed E-state index contributed by atoms with van der Waals surface area (Å²) < 4.78 is 13.5. The number of anilines is 2. The van der Waals surface area contributed by atoms with E-state index in [2.05, 4.69) is 33.9 Å². The molecule has 2 aromatic carbocycles. The average molecular weight is 451 g/mol. The van der Waals surface area contributed by atoms with Crippen molar-refractivity contribution < 1.29 is 9.47 Å². The van der Waals surface area contributed by atoms with Gasteiger partial charge in [0.25, 0.3) is 0 Å². The minimum absolute atomic E-state index is 0.600. The highest BCUT2D eigenvalue weighted by atomic mass is 35.5. The fourth-order valence-corrected chi connectivity index (χ4v) is 4.33. The fourth-order valence-electron chi connectivity index (χ4n) is 4.15. The Morgan fingerprint density at radius 1 is 0.969 bits per heavy atom. The van der Waals surface area contributed by atoms with Crippen LogP contribution in [0.15, 0.2) is 36.4 Å². The Hall–Kier alpha value is -3.25. The van der Waals surface area contributed by atoms with Gasteiger partial charge >= 0.3 is 0 Å². The van der Waals surface area contributed by atoms with Crippen LogP contribution >= 0.6 is 11.6 Å². The van der Waals surface area contributed by atoms with Gasteiger partial charge in [0, 0.05) is 38.9 Å². The highest BCUT2D eigenvalue weighted by Crippen LogP contribution is 2.38. The first kappa shape index (κ1) is 22.0. The van der Waals surface area contributed by atoms with E-state index in [-0.39, 0.29) is 0 Å². The third-order valence-electron chi connectivity index (χ3n) is 5.68. The van der Waals surface area contributed by atoms with Crippen molar-refractivity contribution in [1.82, 2.24) is 14.8 Å². The summed E-state index contributed by atoms with van der Waals surface area (Å²) in [6.45, 7) is 10.7. The summed E-state index contributed by atoms with van der Waals surface area (Å²) in [5.74, 6) is 2.20. The van der Waals surface area contributed by atoms with Crippen LogP contribution in [0.1, 0.15) is 29.6 Å². The molecule has 0 radical (unpaired) electrons. The number of benzene rings is 2. The molecular weight excluding hydrogens is 424 g/mol. The maximum absolute atomic E-state index is 6.33. The lowest BCUT2D eigenvalue weighted by Gasteiger charge is -2.15. The molecule has 0 saturated heterocycles. The smallest absolute Gasteiger partial charge is 0.162 e. The average Bonchev–Trinajstić information content (AvgIpc) is 3.04. The molecule has 0 fully saturated rings. The van der Waals surface area contributed by atoms with Gasteiger partial charge in [0.05, 0.1) is 25.1 Å². The number of nitrogens with zero attached hydrogens (tertiary/aromatic N) is 3. The van der Waals surface area contributed by atoms with Crippen LogP contribution in [0, 0.1) is 27.7 Å². The molecular formula is C25H27ClN4O2. The first-order valence-corrected chi connectivity index (χ1v) is 10.9. The zero-order valence-corrected chi connectivity index (χ0v) is 20.0. The van der Waals surface area contributed by atoms with Crippen LogP contribution in [-0.4, -0.2) is 28.5 Å². The second-order valence-corrected chi connectivity index (χ2v) is 8.15. The largest absolute Gasteiger partial charge is 0.494 e. The summed E-state index contributed by atoms with van der Waals surface area (Å²) in [6.07, 6.45) is 0. The fraction of sp³-hybridized carbons (Fsp3) is 0.280. The maximum atomic E-state index is 6.33. The van der Waals surface area contributed by atoms with Crippen molar-refractivity contribution in [1.29, 1.82) is 0 Å². The van der Waals surface area contributed by atoms with Crippen molar-refractivity contribution in [3.8, 4) is 17.2 Å². The molecule has 0 aliphatic heterocycles. The standard InChI is InChI=1S/C25H27ClN4O2/c1-7-32-19-10-11-21(22(13-19)31-6)30-16(4)23-15(3)28-29-25(24(23)17(30)5)27-18-9-8-14(2)20(26)12-18/h8-13H,7H2,1-6H3,(H,27,29). The molecule has 0 aliphatic carbocycles. The number of nitrogens with one attached hydrogen (secondary N) is 1. The van der Waals surface area contributed by atoms with E-state index in [4.69, 9.17) is 21.1 Å². The molecule has 0 amide bonds. The van der Waals surface area contributed by atoms with E-state index in [0.717, 1.165) is 56.3 Å². The third kappa shape index (κ3) is 3.75. The highest BCUT2D eigenvalue weighted by molar-refractivity contribution is 6.31. The summed E-state index contributed by atoms with van der Waals surface area (Å²) in [7, 11) is 1.67. The zero-order chi connectivity index (χ0) is 23.0. The van der Waals surface area contributed by atoms with E-state index in [1.807, 2.05) is 57.2 Å². The van der Waals surface area contributed by atoms with E-state index in [9.17, 15) is 0 Å². The Kier molecular flexibility index (Phi) is 5.98. The first-order valence-electron chi connectivity index (χ1n) is 10.5. The van der Waals surface area contributed by atoms with Gasteiger partial charge in [-0.25, -0.2) is 0 Å². The lowest BCUT2D eigenvalue weighted by Crippen LogP contribution is -2.03. The molecule has 0 aliphatic rings. The summed E-state index contributed by atoms with van der Waals surface area (Å²) in [5.41, 5.74) is 5.81. The van der Waals surface area contributed by atoms with E-state index < -0.39 is 0 Å². The number of hydrogen-bond donors (Lipinski definition) is 1. The zero-order valence-electron chi connectivity index (χ0n) is 19.2. The van der Waals surface area contributed by atoms with Gasteiger partial charge in [-0.15, -0.1) is 5.10 Å². The Morgan fingerprint density at radius 3 is 2.41 bits per heavy atom. The van der Waals surface area contributed by atoms with Crippen molar-refractivity contribution in [3.63, 3.8) is 0 Å². The van der Waals surface area contributed by atoms with Gasteiger partial charge in [-0.05, 0) is 64.4 Å². The Balaban J connectivity index is 1.90. The molecule has 0 atom stereocenters. The molecule has 4 rings (SSSR count). The number of aromatic nitrogens is 3. The molecule has 1 N–H and O–H groups in total. The van der Waals surface area contributed by atoms with Gasteiger partial charge < -0.3 is 19.4 Å². The van der Waals surface area contributed by atoms with Gasteiger partial charge in [-0.3, -0.25) is 0 Å². The molecule has 32 heavy (non-hydrogen) atoms. The number of rotatable bonds is 6. The van der Waals surface area contributed by atoms with E-state index in [1.54, 1.807) is 7.11 Å². The second-order valence-electron chi connectivity index (χ2n) is 7.75. The second kappa shape index (κ2) is 8.71. The highest BCUT2D eigenvalue weighted by Gasteiger charge is 2.21. The van der Waals surface area contributed by atoms with Crippen LogP contribution in [-0.2, 0) is 0 Å². The Labute approximate surface area is 193 Å². The van der Waals surface area contributed by atoms with Crippen LogP contribution in [0.25, 0.3) is 16.5 Å². The molecule has 7 heteroatoms. The molecule has 2 heterocycles. The minimum Gasteiger partial charge on any atom is -0.494 e. The topological polar surface area (TPSA) is 61.2 Å². The van der Waals surface area contributed by atoms with Crippen LogP contribution in [0.3, 0.4) is 0 Å². The third-order valence-corrected chi connectivity index (χ3v) is 6.09. The first-order chi connectivity index (χ1) is 15.3. The Morgan fingerprint density at radius 2 is 1.72 bits per heavy atom. The molecule has 0 unspecified atom stereocenters. The van der Waals surface area contributed by atoms with Gasteiger partial charge in [-0.2, -0.15) is 5.10 Å². The predicted molar refractivity (Wildman–Crippen MR) is 130 cm³/mol. The molecule has 2 aromatic heterocycles. The van der Waals surface area contributed by atoms with Crippen molar-refractivity contribution in [3.05, 3.63) is 64.1 Å². The number of aryl methyl sites for hydroxylation is 4. The van der Waals surface area contributed by atoms with Gasteiger partial charge in [0.2, 0.25) is 0 Å². The van der Waals surface area contributed by atoms with E-state index in [0.29, 0.717) is 17.4 Å². The summed E-state index contributed by atoms with van der Waals surface area (Å²) in [5, 5.41) is 15.1. The number of methoxy groups -OCH3 is 1. The van der Waals surface area contributed by atoms with Gasteiger partial charge in [0.15, 0.2) is 5.82 Å². The number of ether oxygens (including phenoxy) is 2. The van der Waals surface area contributed by atoms with Gasteiger partial charge in [0.1, 0.15) is 11.5 Å². The van der Waals surface area contributed by atoms with Gasteiger partial charge in [-0.1, -0.05) is 17.7 Å². The van der Waals surface area contributed by atoms with Crippen LogP contribution in [0.4, 0.5) is 11.5 Å². The van der Waals surface area contributed by atoms with E-state index >= 15 is 0 Å². The molecule has 6 nitrogen and oxygen atoms in total. The van der Waals surface area contributed by atoms with Crippen molar-refractivity contribution in [2.45, 2.75) is 34.6 Å². The molecule has 4 aromatic rings. The molecule has 0 bridgehead atoms. The van der Waals surface area contributed by atoms with Crippen LogP contribution in [0.2, 0.25) is 5.02 Å². The monoisotopic (exact) mass is 450 g/mol. The summed E-state index contributed by atoms with van der Waals surface area (Å²) >= 11 is 6.33. The lowest BCUT2D eigenvalue weighted by molar-refractivity contribution is 0.336.